The van der Waals surface area contributed by atoms with E-state index in [9.17, 15) is 4.79 Å². The lowest BCUT2D eigenvalue weighted by molar-refractivity contribution is -0.121. The Hall–Kier alpha value is -1.29. The van der Waals surface area contributed by atoms with Crippen LogP contribution in [0.25, 0.3) is 0 Å². The number of nitrogens with two attached hydrogens (primary N) is 1. The van der Waals surface area contributed by atoms with Crippen molar-refractivity contribution in [2.24, 2.45) is 12.8 Å². The summed E-state index contributed by atoms with van der Waals surface area (Å²) >= 11 is 0. The Morgan fingerprint density at radius 2 is 2.29 bits per heavy atom. The lowest BCUT2D eigenvalue weighted by Gasteiger charge is -2.06. The topological polar surface area (TPSA) is 60.1 Å². The van der Waals surface area contributed by atoms with Gasteiger partial charge in [-0.3, -0.25) is 4.79 Å². The number of amides is 1. The van der Waals surface area contributed by atoms with Gasteiger partial charge in [0.1, 0.15) is 0 Å². The van der Waals surface area contributed by atoms with Gasteiger partial charge >= 0.3 is 0 Å². The molecule has 4 nitrogen and oxygen atoms in total. The Bertz CT molecular complexity index is 317. The Labute approximate surface area is 84.1 Å². The highest BCUT2D eigenvalue weighted by atomic mass is 16.1. The molecule has 0 unspecified atom stereocenters. The maximum Gasteiger partial charge on any atom is 0.221 e. The zero-order valence-corrected chi connectivity index (χ0v) is 8.71. The van der Waals surface area contributed by atoms with Crippen LogP contribution in [0.5, 0.6) is 0 Å². The molecule has 0 fully saturated rings. The number of nitrogens with one attached hydrogen (secondary N) is 1. The fourth-order valence-corrected chi connectivity index (χ4v) is 1.25. The molecule has 0 saturated carbocycles. The summed E-state index contributed by atoms with van der Waals surface area (Å²) in [5.41, 5.74) is 7.56. The molecule has 0 aliphatic heterocycles. The summed E-state index contributed by atoms with van der Waals surface area (Å²) in [7, 11) is 1.99. The molecular weight excluding hydrogens is 178 g/mol. The molecule has 0 aliphatic carbocycles. The Kier molecular flexibility index (Phi) is 3.71. The number of aryl methyl sites for hydroxylation is 1. The zero-order valence-electron chi connectivity index (χ0n) is 8.71. The van der Waals surface area contributed by atoms with Gasteiger partial charge < -0.3 is 15.6 Å². The van der Waals surface area contributed by atoms with Crippen LogP contribution in [0.2, 0.25) is 0 Å². The molecule has 4 heteroatoms. The normalized spacial score (nSPS) is 10.2. The Balaban J connectivity index is 2.46. The number of carbonyl (C=O) groups is 1. The predicted octanol–water partition coefficient (Wildman–Crippen LogP) is 0.299. The summed E-state index contributed by atoms with van der Waals surface area (Å²) in [4.78, 5) is 11.1. The van der Waals surface area contributed by atoms with E-state index in [1.165, 1.54) is 5.69 Å². The van der Waals surface area contributed by atoms with Crippen LogP contribution in [0.15, 0.2) is 12.1 Å². The zero-order chi connectivity index (χ0) is 10.6. The summed E-state index contributed by atoms with van der Waals surface area (Å²) in [5, 5.41) is 2.81. The van der Waals surface area contributed by atoms with Gasteiger partial charge in [0, 0.05) is 31.4 Å². The third-order valence-corrected chi connectivity index (χ3v) is 2.31. The van der Waals surface area contributed by atoms with Crippen LogP contribution in [0.4, 0.5) is 0 Å². The van der Waals surface area contributed by atoms with E-state index in [4.69, 9.17) is 5.73 Å². The van der Waals surface area contributed by atoms with Gasteiger partial charge in [-0.25, -0.2) is 0 Å². The largest absolute Gasteiger partial charge is 0.350 e. The lowest BCUT2D eigenvalue weighted by Crippen LogP contribution is -2.25. The first-order chi connectivity index (χ1) is 6.65. The highest BCUT2D eigenvalue weighted by Gasteiger charge is 2.03. The fourth-order valence-electron chi connectivity index (χ4n) is 1.25. The van der Waals surface area contributed by atoms with Crippen LogP contribution in [0, 0.1) is 6.92 Å². The minimum absolute atomic E-state index is 0.00588. The number of hydrogen-bond acceptors (Lipinski definition) is 2. The van der Waals surface area contributed by atoms with E-state index in [1.54, 1.807) is 0 Å². The molecule has 1 aromatic rings. The monoisotopic (exact) mass is 195 g/mol. The van der Waals surface area contributed by atoms with Gasteiger partial charge in [-0.2, -0.15) is 0 Å². The number of carbonyl (C=O) groups excluding carboxylic acids is 1. The average Bonchev–Trinajstić information content (AvgIpc) is 2.46. The van der Waals surface area contributed by atoms with E-state index < -0.39 is 0 Å². The van der Waals surface area contributed by atoms with E-state index >= 15 is 0 Å². The van der Waals surface area contributed by atoms with Crippen LogP contribution >= 0.6 is 0 Å². The molecule has 1 rings (SSSR count). The standard InChI is InChI=1S/C10H17N3O/c1-8-3-4-9(13(8)2)7-12-10(14)5-6-11/h3-4H,5-7,11H2,1-2H3,(H,12,14). The first-order valence-electron chi connectivity index (χ1n) is 4.73. The first-order valence-corrected chi connectivity index (χ1v) is 4.73. The second-order valence-electron chi connectivity index (χ2n) is 3.34. The van der Waals surface area contributed by atoms with Gasteiger partial charge in [0.05, 0.1) is 6.54 Å². The van der Waals surface area contributed by atoms with Crippen molar-refractivity contribution in [3.8, 4) is 0 Å². The lowest BCUT2D eigenvalue weighted by atomic mass is 10.3. The van der Waals surface area contributed by atoms with Gasteiger partial charge in [0.25, 0.3) is 0 Å². The molecule has 0 bridgehead atoms. The van der Waals surface area contributed by atoms with Crippen LogP contribution < -0.4 is 11.1 Å². The van der Waals surface area contributed by atoms with Crippen molar-refractivity contribution in [1.29, 1.82) is 0 Å². The first kappa shape index (κ1) is 10.8. The summed E-state index contributed by atoms with van der Waals surface area (Å²) in [6.45, 7) is 3.01. The fraction of sp³-hybridized carbons (Fsp3) is 0.500. The number of hydrogen-bond donors (Lipinski definition) is 2. The average molecular weight is 195 g/mol. The van der Waals surface area contributed by atoms with E-state index in [0.29, 0.717) is 19.5 Å². The second kappa shape index (κ2) is 4.81. The number of nitrogens with zero attached hydrogens (tertiary/aromatic N) is 1. The molecule has 1 heterocycles. The predicted molar refractivity (Wildman–Crippen MR) is 55.7 cm³/mol. The molecule has 0 saturated heterocycles. The Morgan fingerprint density at radius 1 is 1.57 bits per heavy atom. The van der Waals surface area contributed by atoms with Crippen LogP contribution in [-0.2, 0) is 18.4 Å². The van der Waals surface area contributed by atoms with Crippen molar-refractivity contribution < 1.29 is 4.79 Å². The van der Waals surface area contributed by atoms with Gasteiger partial charge in [-0.1, -0.05) is 0 Å². The molecule has 0 aromatic carbocycles. The van der Waals surface area contributed by atoms with Crippen molar-refractivity contribution in [1.82, 2.24) is 9.88 Å². The summed E-state index contributed by atoms with van der Waals surface area (Å²) in [5.74, 6) is 0.00588. The molecule has 0 radical (unpaired) electrons. The SMILES string of the molecule is Cc1ccc(CNC(=O)CCN)n1C. The van der Waals surface area contributed by atoms with E-state index in [2.05, 4.69) is 9.88 Å². The molecule has 0 aliphatic rings. The quantitative estimate of drug-likeness (QED) is 0.726. The smallest absolute Gasteiger partial charge is 0.221 e. The minimum atomic E-state index is 0.00588. The van der Waals surface area contributed by atoms with Crippen molar-refractivity contribution in [2.45, 2.75) is 19.9 Å². The molecule has 78 valence electrons. The second-order valence-corrected chi connectivity index (χ2v) is 3.34. The van der Waals surface area contributed by atoms with Crippen molar-refractivity contribution in [3.63, 3.8) is 0 Å². The number of aromatic nitrogens is 1. The summed E-state index contributed by atoms with van der Waals surface area (Å²) < 4.78 is 2.06. The van der Waals surface area contributed by atoms with E-state index in [1.807, 2.05) is 26.1 Å². The van der Waals surface area contributed by atoms with E-state index in [0.717, 1.165) is 5.69 Å². The van der Waals surface area contributed by atoms with E-state index in [-0.39, 0.29) is 5.91 Å². The third-order valence-electron chi connectivity index (χ3n) is 2.31. The maximum atomic E-state index is 11.1. The summed E-state index contributed by atoms with van der Waals surface area (Å²) in [6, 6.07) is 4.04. The highest BCUT2D eigenvalue weighted by Crippen LogP contribution is 2.04. The molecule has 14 heavy (non-hydrogen) atoms. The van der Waals surface area contributed by atoms with Gasteiger partial charge in [0.2, 0.25) is 5.91 Å². The summed E-state index contributed by atoms with van der Waals surface area (Å²) in [6.07, 6.45) is 0.392. The highest BCUT2D eigenvalue weighted by molar-refractivity contribution is 5.75. The van der Waals surface area contributed by atoms with Crippen molar-refractivity contribution in [3.05, 3.63) is 23.5 Å². The molecule has 0 atom stereocenters. The molecular formula is C10H17N3O. The third kappa shape index (κ3) is 2.60. The molecule has 1 aromatic heterocycles. The Morgan fingerprint density at radius 3 is 2.79 bits per heavy atom. The van der Waals surface area contributed by atoms with Gasteiger partial charge in [0.15, 0.2) is 0 Å². The molecule has 3 N–H and O–H groups in total. The van der Waals surface area contributed by atoms with Crippen LogP contribution in [0.1, 0.15) is 17.8 Å². The van der Waals surface area contributed by atoms with Gasteiger partial charge in [-0.05, 0) is 19.1 Å². The molecule has 0 spiro atoms. The molecule has 1 amide bonds. The minimum Gasteiger partial charge on any atom is -0.350 e. The number of rotatable bonds is 4. The van der Waals surface area contributed by atoms with Gasteiger partial charge in [-0.15, -0.1) is 0 Å². The van der Waals surface area contributed by atoms with Crippen molar-refractivity contribution >= 4 is 5.91 Å². The van der Waals surface area contributed by atoms with Crippen molar-refractivity contribution in [2.75, 3.05) is 6.54 Å². The van der Waals surface area contributed by atoms with Crippen LogP contribution in [0.3, 0.4) is 0 Å². The maximum absolute atomic E-state index is 11.1. The van der Waals surface area contributed by atoms with Crippen LogP contribution in [-0.4, -0.2) is 17.0 Å².